The molecule has 0 atom stereocenters. The predicted molar refractivity (Wildman–Crippen MR) is 39.7 cm³/mol. The zero-order valence-electron chi connectivity index (χ0n) is 6.07. The van der Waals surface area contributed by atoms with Crippen LogP contribution in [0, 0.1) is 6.14 Å². The Kier molecular flexibility index (Phi) is 1.59. The van der Waals surface area contributed by atoms with E-state index in [1.807, 2.05) is 18.2 Å². The molecule has 0 aliphatic carbocycles. The topological polar surface area (TPSA) is 38.9 Å². The fourth-order valence-electron chi connectivity index (χ4n) is 0.903. The van der Waals surface area contributed by atoms with Crippen LogP contribution in [0.3, 0.4) is 0 Å². The van der Waals surface area contributed by atoms with E-state index in [0.717, 1.165) is 0 Å². The lowest BCUT2D eigenvalue weighted by Gasteiger charge is -1.89. The molecule has 0 aliphatic heterocycles. The van der Waals surface area contributed by atoms with Gasteiger partial charge in [0.15, 0.2) is 0 Å². The van der Waals surface area contributed by atoms with E-state index in [1.165, 1.54) is 0 Å². The Labute approximate surface area is 67.9 Å². The standard InChI is InChI=1S/C8H5FN2O/c9-8-11-10-7(12-8)6-4-2-1-3-5-6/h1-5H. The van der Waals surface area contributed by atoms with Gasteiger partial charge in [0.2, 0.25) is 0 Å². The van der Waals surface area contributed by atoms with Crippen LogP contribution in [0.15, 0.2) is 34.7 Å². The van der Waals surface area contributed by atoms with Gasteiger partial charge in [0.1, 0.15) is 0 Å². The molecule has 0 amide bonds. The van der Waals surface area contributed by atoms with Gasteiger partial charge in [-0.3, -0.25) is 0 Å². The number of rotatable bonds is 1. The second kappa shape index (κ2) is 2.73. The van der Waals surface area contributed by atoms with Crippen LogP contribution >= 0.6 is 0 Å². The van der Waals surface area contributed by atoms with Crippen molar-refractivity contribution < 1.29 is 8.81 Å². The molecule has 0 radical (unpaired) electrons. The monoisotopic (exact) mass is 164 g/mol. The number of halogens is 1. The molecule has 0 N–H and O–H groups in total. The van der Waals surface area contributed by atoms with Crippen molar-refractivity contribution in [1.29, 1.82) is 0 Å². The summed E-state index contributed by atoms with van der Waals surface area (Å²) in [4.78, 5) is 0. The fraction of sp³-hybridized carbons (Fsp3) is 0. The minimum absolute atomic E-state index is 0.202. The van der Waals surface area contributed by atoms with Crippen LogP contribution in [0.2, 0.25) is 0 Å². The minimum Gasteiger partial charge on any atom is -0.395 e. The summed E-state index contributed by atoms with van der Waals surface area (Å²) in [5, 5.41) is 6.60. The van der Waals surface area contributed by atoms with Gasteiger partial charge in [-0.05, 0) is 12.1 Å². The molecule has 2 rings (SSSR count). The molecule has 1 aromatic carbocycles. The number of hydrogen-bond acceptors (Lipinski definition) is 3. The Morgan fingerprint density at radius 2 is 1.83 bits per heavy atom. The fourth-order valence-corrected chi connectivity index (χ4v) is 0.903. The van der Waals surface area contributed by atoms with Crippen LogP contribution < -0.4 is 0 Å². The number of aromatic nitrogens is 2. The maximum absolute atomic E-state index is 12.3. The van der Waals surface area contributed by atoms with Gasteiger partial charge < -0.3 is 4.42 Å². The van der Waals surface area contributed by atoms with Crippen molar-refractivity contribution in [3.05, 3.63) is 36.5 Å². The Hall–Kier alpha value is -1.71. The summed E-state index contributed by atoms with van der Waals surface area (Å²) >= 11 is 0. The van der Waals surface area contributed by atoms with Crippen molar-refractivity contribution >= 4 is 0 Å². The molecular weight excluding hydrogens is 159 g/mol. The molecule has 0 spiro atoms. The lowest BCUT2D eigenvalue weighted by atomic mass is 10.2. The van der Waals surface area contributed by atoms with Gasteiger partial charge >= 0.3 is 6.14 Å². The molecule has 0 unspecified atom stereocenters. The Balaban J connectivity index is 2.45. The van der Waals surface area contributed by atoms with Crippen LogP contribution in [0.25, 0.3) is 11.5 Å². The molecule has 0 aliphatic rings. The third-order valence-corrected chi connectivity index (χ3v) is 1.42. The van der Waals surface area contributed by atoms with Gasteiger partial charge in [0.05, 0.1) is 0 Å². The van der Waals surface area contributed by atoms with Crippen molar-refractivity contribution in [1.82, 2.24) is 10.2 Å². The highest BCUT2D eigenvalue weighted by atomic mass is 19.1. The van der Waals surface area contributed by atoms with Crippen LogP contribution in [-0.2, 0) is 0 Å². The van der Waals surface area contributed by atoms with E-state index in [0.29, 0.717) is 5.56 Å². The Bertz CT molecular complexity index is 372. The molecule has 0 fully saturated rings. The summed E-state index contributed by atoms with van der Waals surface area (Å²) < 4.78 is 16.9. The smallest absolute Gasteiger partial charge is 0.395 e. The highest BCUT2D eigenvalue weighted by molar-refractivity contribution is 5.51. The van der Waals surface area contributed by atoms with Crippen LogP contribution in [-0.4, -0.2) is 10.2 Å². The molecule has 2 aromatic rings. The first-order valence-corrected chi connectivity index (χ1v) is 3.41. The molecule has 4 heteroatoms. The van der Waals surface area contributed by atoms with Crippen molar-refractivity contribution in [3.63, 3.8) is 0 Å². The zero-order valence-corrected chi connectivity index (χ0v) is 6.07. The third-order valence-electron chi connectivity index (χ3n) is 1.42. The normalized spacial score (nSPS) is 10.1. The summed E-state index contributed by atoms with van der Waals surface area (Å²) in [5.41, 5.74) is 0.717. The van der Waals surface area contributed by atoms with Gasteiger partial charge in [-0.15, -0.1) is 9.49 Å². The molecule has 60 valence electrons. The van der Waals surface area contributed by atoms with Crippen molar-refractivity contribution in [2.75, 3.05) is 0 Å². The first kappa shape index (κ1) is 6.97. The molecular formula is C8H5FN2O. The number of hydrogen-bond donors (Lipinski definition) is 0. The van der Waals surface area contributed by atoms with Gasteiger partial charge in [0.25, 0.3) is 5.89 Å². The van der Waals surface area contributed by atoms with E-state index >= 15 is 0 Å². The first-order chi connectivity index (χ1) is 5.86. The quantitative estimate of drug-likeness (QED) is 0.645. The van der Waals surface area contributed by atoms with E-state index < -0.39 is 6.14 Å². The number of benzene rings is 1. The minimum atomic E-state index is -0.908. The van der Waals surface area contributed by atoms with Crippen molar-refractivity contribution in [2.24, 2.45) is 0 Å². The summed E-state index contributed by atoms with van der Waals surface area (Å²) in [7, 11) is 0. The van der Waals surface area contributed by atoms with Crippen LogP contribution in [0.4, 0.5) is 4.39 Å². The SMILES string of the molecule is Fc1nnc(-c2ccccc2)o1. The first-order valence-electron chi connectivity index (χ1n) is 3.41. The highest BCUT2D eigenvalue weighted by Gasteiger charge is 2.05. The van der Waals surface area contributed by atoms with E-state index in [2.05, 4.69) is 14.6 Å². The second-order valence-corrected chi connectivity index (χ2v) is 2.23. The summed E-state index contributed by atoms with van der Waals surface area (Å²) in [6.45, 7) is 0. The van der Waals surface area contributed by atoms with Crippen LogP contribution in [0.1, 0.15) is 0 Å². The van der Waals surface area contributed by atoms with Crippen molar-refractivity contribution in [2.45, 2.75) is 0 Å². The lowest BCUT2D eigenvalue weighted by Crippen LogP contribution is -1.75. The molecule has 1 heterocycles. The average Bonchev–Trinajstić information content (AvgIpc) is 2.54. The maximum Gasteiger partial charge on any atom is 0.402 e. The van der Waals surface area contributed by atoms with E-state index in [4.69, 9.17) is 0 Å². The van der Waals surface area contributed by atoms with Crippen LogP contribution in [0.5, 0.6) is 0 Å². The van der Waals surface area contributed by atoms with Crippen molar-refractivity contribution in [3.8, 4) is 11.5 Å². The van der Waals surface area contributed by atoms with E-state index in [-0.39, 0.29) is 5.89 Å². The number of nitrogens with zero attached hydrogens (tertiary/aromatic N) is 2. The van der Waals surface area contributed by atoms with Gasteiger partial charge in [0, 0.05) is 5.56 Å². The molecule has 3 nitrogen and oxygen atoms in total. The molecule has 0 saturated carbocycles. The molecule has 0 bridgehead atoms. The lowest BCUT2D eigenvalue weighted by molar-refractivity contribution is 0.343. The van der Waals surface area contributed by atoms with E-state index in [1.54, 1.807) is 12.1 Å². The molecule has 0 saturated heterocycles. The summed E-state index contributed by atoms with van der Waals surface area (Å²) in [6, 6.07) is 9.03. The molecule has 1 aromatic heterocycles. The largest absolute Gasteiger partial charge is 0.402 e. The predicted octanol–water partition coefficient (Wildman–Crippen LogP) is 1.88. The Morgan fingerprint density at radius 1 is 1.08 bits per heavy atom. The molecule has 12 heavy (non-hydrogen) atoms. The van der Waals surface area contributed by atoms with E-state index in [9.17, 15) is 4.39 Å². The highest BCUT2D eigenvalue weighted by Crippen LogP contribution is 2.15. The van der Waals surface area contributed by atoms with Gasteiger partial charge in [-0.1, -0.05) is 23.3 Å². The van der Waals surface area contributed by atoms with Gasteiger partial charge in [-0.25, -0.2) is 0 Å². The van der Waals surface area contributed by atoms with Gasteiger partial charge in [-0.2, -0.15) is 0 Å². The third kappa shape index (κ3) is 1.18. The Morgan fingerprint density at radius 3 is 2.42 bits per heavy atom. The zero-order chi connectivity index (χ0) is 8.39. The summed E-state index contributed by atoms with van der Waals surface area (Å²) in [6.07, 6.45) is -0.908. The maximum atomic E-state index is 12.3. The summed E-state index contributed by atoms with van der Waals surface area (Å²) in [5.74, 6) is 0.202. The average molecular weight is 164 g/mol. The second-order valence-electron chi connectivity index (χ2n) is 2.23.